The number of hydrogen-bond donors (Lipinski definition) is 2. The first-order chi connectivity index (χ1) is 11.7. The van der Waals surface area contributed by atoms with Gasteiger partial charge in [-0.15, -0.1) is 0 Å². The van der Waals surface area contributed by atoms with E-state index in [1.807, 2.05) is 4.90 Å². The number of likely N-dealkylation sites (tertiary alicyclic amines) is 1. The molecule has 5 nitrogen and oxygen atoms in total. The van der Waals surface area contributed by atoms with E-state index in [1.54, 1.807) is 0 Å². The van der Waals surface area contributed by atoms with Gasteiger partial charge >= 0.3 is 6.03 Å². The molecular weight excluding hydrogens is 302 g/mol. The molecule has 4 fully saturated rings. The van der Waals surface area contributed by atoms with E-state index in [1.165, 1.54) is 32.1 Å². The molecule has 0 radical (unpaired) electrons. The molecule has 0 aromatic carbocycles. The van der Waals surface area contributed by atoms with E-state index >= 15 is 0 Å². The zero-order chi connectivity index (χ0) is 16.5. The van der Waals surface area contributed by atoms with Crippen LogP contribution in [-0.4, -0.2) is 42.5 Å². The van der Waals surface area contributed by atoms with Gasteiger partial charge in [-0.1, -0.05) is 6.42 Å². The second kappa shape index (κ2) is 6.93. The number of rotatable bonds is 4. The second-order valence-electron chi connectivity index (χ2n) is 8.48. The number of carbonyl (C=O) groups is 2. The first kappa shape index (κ1) is 16.2. The van der Waals surface area contributed by atoms with Crippen molar-refractivity contribution < 1.29 is 9.59 Å². The first-order valence-corrected chi connectivity index (χ1v) is 10.0. The van der Waals surface area contributed by atoms with Crippen LogP contribution in [0.1, 0.15) is 57.8 Å². The average Bonchev–Trinajstić information content (AvgIpc) is 3.31. The van der Waals surface area contributed by atoms with Crippen molar-refractivity contribution in [2.24, 2.45) is 23.7 Å². The quantitative estimate of drug-likeness (QED) is 0.830. The van der Waals surface area contributed by atoms with Crippen molar-refractivity contribution in [1.82, 2.24) is 15.5 Å². The molecule has 2 bridgehead atoms. The molecule has 24 heavy (non-hydrogen) atoms. The summed E-state index contributed by atoms with van der Waals surface area (Å²) in [4.78, 5) is 26.2. The minimum Gasteiger partial charge on any atom is -0.356 e. The van der Waals surface area contributed by atoms with E-state index in [0.717, 1.165) is 56.7 Å². The van der Waals surface area contributed by atoms with Gasteiger partial charge in [-0.25, -0.2) is 4.79 Å². The van der Waals surface area contributed by atoms with E-state index in [9.17, 15) is 9.59 Å². The van der Waals surface area contributed by atoms with Gasteiger partial charge in [-0.05, 0) is 62.7 Å². The summed E-state index contributed by atoms with van der Waals surface area (Å²) in [5.74, 6) is 3.20. The lowest BCUT2D eigenvalue weighted by Crippen LogP contribution is -2.52. The third-order valence-electron chi connectivity index (χ3n) is 7.04. The highest BCUT2D eigenvalue weighted by atomic mass is 16.2. The number of nitrogens with one attached hydrogen (secondary N) is 2. The smallest absolute Gasteiger partial charge is 0.317 e. The van der Waals surface area contributed by atoms with E-state index in [-0.39, 0.29) is 18.0 Å². The third kappa shape index (κ3) is 3.27. The molecule has 0 aromatic heterocycles. The van der Waals surface area contributed by atoms with Crippen LogP contribution < -0.4 is 10.6 Å². The van der Waals surface area contributed by atoms with Crippen molar-refractivity contribution in [3.05, 3.63) is 0 Å². The molecule has 4 aliphatic rings. The lowest BCUT2D eigenvalue weighted by molar-refractivity contribution is -0.119. The Balaban J connectivity index is 1.27. The van der Waals surface area contributed by atoms with Crippen LogP contribution in [0.25, 0.3) is 0 Å². The Kier molecular flexibility index (Phi) is 4.68. The molecule has 3 amide bonds. The number of fused-ring (bicyclic) bond motifs is 2. The zero-order valence-electron chi connectivity index (χ0n) is 14.6. The monoisotopic (exact) mass is 333 g/mol. The Hall–Kier alpha value is -1.26. The minimum atomic E-state index is 0.0993. The van der Waals surface area contributed by atoms with Crippen LogP contribution in [0.3, 0.4) is 0 Å². The highest BCUT2D eigenvalue weighted by molar-refractivity contribution is 5.79. The number of amides is 3. The van der Waals surface area contributed by atoms with E-state index in [0.29, 0.717) is 12.3 Å². The summed E-state index contributed by atoms with van der Waals surface area (Å²) in [6.07, 6.45) is 10.7. The van der Waals surface area contributed by atoms with Gasteiger partial charge in [0.25, 0.3) is 0 Å². The SMILES string of the molecule is O=C1CC(C2CCCCN2C(=O)NCCC2CC3CCC2C3)CN1. The molecule has 5 atom stereocenters. The van der Waals surface area contributed by atoms with Crippen LogP contribution in [0.4, 0.5) is 4.79 Å². The van der Waals surface area contributed by atoms with Gasteiger partial charge in [0.15, 0.2) is 0 Å². The topological polar surface area (TPSA) is 61.4 Å². The molecule has 2 saturated carbocycles. The zero-order valence-corrected chi connectivity index (χ0v) is 14.6. The summed E-state index contributed by atoms with van der Waals surface area (Å²) < 4.78 is 0. The lowest BCUT2D eigenvalue weighted by atomic mass is 9.86. The maximum absolute atomic E-state index is 12.7. The summed E-state index contributed by atoms with van der Waals surface area (Å²) in [5, 5.41) is 6.11. The van der Waals surface area contributed by atoms with Crippen molar-refractivity contribution in [2.75, 3.05) is 19.6 Å². The molecule has 2 N–H and O–H groups in total. The van der Waals surface area contributed by atoms with Crippen LogP contribution in [0.2, 0.25) is 0 Å². The number of piperidine rings is 1. The van der Waals surface area contributed by atoms with Gasteiger partial charge in [0.1, 0.15) is 0 Å². The van der Waals surface area contributed by atoms with Crippen LogP contribution in [0, 0.1) is 23.7 Å². The van der Waals surface area contributed by atoms with Crippen molar-refractivity contribution in [1.29, 1.82) is 0 Å². The first-order valence-electron chi connectivity index (χ1n) is 10.0. The Labute approximate surface area is 144 Å². The molecule has 4 rings (SSSR count). The lowest BCUT2D eigenvalue weighted by Gasteiger charge is -2.38. The van der Waals surface area contributed by atoms with Gasteiger partial charge in [0.2, 0.25) is 5.91 Å². The van der Waals surface area contributed by atoms with E-state index in [2.05, 4.69) is 10.6 Å². The fraction of sp³-hybridized carbons (Fsp3) is 0.895. The Morgan fingerprint density at radius 3 is 2.79 bits per heavy atom. The predicted octanol–water partition coefficient (Wildman–Crippen LogP) is 2.51. The third-order valence-corrected chi connectivity index (χ3v) is 7.04. The summed E-state index contributed by atoms with van der Waals surface area (Å²) >= 11 is 0. The molecule has 0 spiro atoms. The molecule has 5 unspecified atom stereocenters. The normalized spacial score (nSPS) is 38.4. The molecule has 2 saturated heterocycles. The summed E-state index contributed by atoms with van der Waals surface area (Å²) in [5.41, 5.74) is 0. The summed E-state index contributed by atoms with van der Waals surface area (Å²) in [6, 6.07) is 0.336. The van der Waals surface area contributed by atoms with Crippen LogP contribution >= 0.6 is 0 Å². The maximum Gasteiger partial charge on any atom is 0.317 e. The molecule has 5 heteroatoms. The Morgan fingerprint density at radius 1 is 1.17 bits per heavy atom. The maximum atomic E-state index is 12.7. The summed E-state index contributed by atoms with van der Waals surface area (Å²) in [7, 11) is 0. The minimum absolute atomic E-state index is 0.0993. The number of hydrogen-bond acceptors (Lipinski definition) is 2. The Bertz CT molecular complexity index is 495. The van der Waals surface area contributed by atoms with Crippen molar-refractivity contribution in [3.63, 3.8) is 0 Å². The number of urea groups is 1. The van der Waals surface area contributed by atoms with E-state index in [4.69, 9.17) is 0 Å². The standard InChI is InChI=1S/C19H31N3O2/c23-18-11-16(12-21-18)17-3-1-2-8-22(17)19(24)20-7-6-15-10-13-4-5-14(15)9-13/h13-17H,1-12H2,(H,20,24)(H,21,23). The van der Waals surface area contributed by atoms with Crippen molar-refractivity contribution in [2.45, 2.75) is 63.8 Å². The van der Waals surface area contributed by atoms with Crippen LogP contribution in [-0.2, 0) is 4.79 Å². The molecule has 134 valence electrons. The van der Waals surface area contributed by atoms with Gasteiger partial charge in [-0.2, -0.15) is 0 Å². The average molecular weight is 333 g/mol. The van der Waals surface area contributed by atoms with Crippen molar-refractivity contribution in [3.8, 4) is 0 Å². The number of carbonyl (C=O) groups excluding carboxylic acids is 2. The summed E-state index contributed by atoms with van der Waals surface area (Å²) in [6.45, 7) is 2.39. The highest BCUT2D eigenvalue weighted by Crippen LogP contribution is 2.49. The molecule has 2 heterocycles. The molecule has 2 aliphatic heterocycles. The predicted molar refractivity (Wildman–Crippen MR) is 92.4 cm³/mol. The number of nitrogens with zero attached hydrogens (tertiary/aromatic N) is 1. The Morgan fingerprint density at radius 2 is 2.08 bits per heavy atom. The highest BCUT2D eigenvalue weighted by Gasteiger charge is 2.39. The molecule has 0 aromatic rings. The van der Waals surface area contributed by atoms with Gasteiger partial charge in [0, 0.05) is 38.0 Å². The van der Waals surface area contributed by atoms with Crippen molar-refractivity contribution >= 4 is 11.9 Å². The molecular formula is C19H31N3O2. The molecule has 2 aliphatic carbocycles. The van der Waals surface area contributed by atoms with Crippen LogP contribution in [0.5, 0.6) is 0 Å². The van der Waals surface area contributed by atoms with Gasteiger partial charge in [0.05, 0.1) is 0 Å². The van der Waals surface area contributed by atoms with Gasteiger partial charge < -0.3 is 15.5 Å². The fourth-order valence-corrected chi connectivity index (χ4v) is 5.80. The van der Waals surface area contributed by atoms with Crippen LogP contribution in [0.15, 0.2) is 0 Å². The fourth-order valence-electron chi connectivity index (χ4n) is 5.80. The van der Waals surface area contributed by atoms with Gasteiger partial charge in [-0.3, -0.25) is 4.79 Å². The largest absolute Gasteiger partial charge is 0.356 e. The van der Waals surface area contributed by atoms with E-state index < -0.39 is 0 Å². The second-order valence-corrected chi connectivity index (χ2v) is 8.48.